The van der Waals surface area contributed by atoms with Crippen molar-refractivity contribution < 1.29 is 9.90 Å². The number of nitrogens with zero attached hydrogens (tertiary/aromatic N) is 4. The number of anilines is 2. The lowest BCUT2D eigenvalue weighted by atomic mass is 10.1. The molecule has 0 aliphatic carbocycles. The Morgan fingerprint density at radius 1 is 1.52 bits per heavy atom. The number of nitrogens with one attached hydrogen (secondary N) is 1. The Morgan fingerprint density at radius 3 is 2.95 bits per heavy atom. The lowest BCUT2D eigenvalue weighted by Crippen LogP contribution is -2.30. The van der Waals surface area contributed by atoms with Gasteiger partial charge in [-0.2, -0.15) is 0 Å². The van der Waals surface area contributed by atoms with Gasteiger partial charge in [0.2, 0.25) is 5.13 Å². The van der Waals surface area contributed by atoms with Gasteiger partial charge in [-0.25, -0.2) is 4.98 Å². The number of hydrogen-bond donors (Lipinski definition) is 2. The van der Waals surface area contributed by atoms with Crippen molar-refractivity contribution in [3.8, 4) is 0 Å². The number of rotatable bonds is 3. The molecule has 1 unspecified atom stereocenters. The monoisotopic (exact) mass is 305 g/mol. The molecule has 1 saturated heterocycles. The fourth-order valence-corrected chi connectivity index (χ4v) is 2.68. The van der Waals surface area contributed by atoms with Crippen molar-refractivity contribution in [1.82, 2.24) is 15.2 Å². The molecule has 0 radical (unpaired) electrons. The summed E-state index contributed by atoms with van der Waals surface area (Å²) in [4.78, 5) is 18.3. The van der Waals surface area contributed by atoms with E-state index in [9.17, 15) is 9.90 Å². The number of pyridine rings is 1. The highest BCUT2D eigenvalue weighted by atomic mass is 32.1. The fourth-order valence-electron chi connectivity index (χ4n) is 2.24. The minimum Gasteiger partial charge on any atom is -0.388 e. The first-order valence-electron chi connectivity index (χ1n) is 6.54. The van der Waals surface area contributed by atoms with Crippen LogP contribution >= 0.6 is 11.3 Å². The van der Waals surface area contributed by atoms with E-state index in [4.69, 9.17) is 0 Å². The lowest BCUT2D eigenvalue weighted by molar-refractivity contribution is 0.0838. The molecule has 2 aromatic rings. The van der Waals surface area contributed by atoms with Crippen molar-refractivity contribution in [1.29, 1.82) is 0 Å². The van der Waals surface area contributed by atoms with Gasteiger partial charge in [-0.1, -0.05) is 11.3 Å². The van der Waals surface area contributed by atoms with E-state index >= 15 is 0 Å². The maximum Gasteiger partial charge on any atom is 0.259 e. The molecule has 1 aliphatic rings. The molecule has 1 fully saturated rings. The topological polar surface area (TPSA) is 91.2 Å². The van der Waals surface area contributed by atoms with Crippen molar-refractivity contribution in [3.63, 3.8) is 0 Å². The third-order valence-corrected chi connectivity index (χ3v) is 3.97. The zero-order valence-electron chi connectivity index (χ0n) is 11.5. The van der Waals surface area contributed by atoms with Gasteiger partial charge in [0.15, 0.2) is 0 Å². The Kier molecular flexibility index (Phi) is 3.56. The molecule has 2 aromatic heterocycles. The van der Waals surface area contributed by atoms with Crippen LogP contribution in [-0.4, -0.2) is 44.9 Å². The highest BCUT2D eigenvalue weighted by Crippen LogP contribution is 2.25. The molecule has 7 nitrogen and oxygen atoms in total. The predicted molar refractivity (Wildman–Crippen MR) is 79.6 cm³/mol. The van der Waals surface area contributed by atoms with Crippen LogP contribution in [0.2, 0.25) is 0 Å². The van der Waals surface area contributed by atoms with Gasteiger partial charge in [0.25, 0.3) is 5.91 Å². The van der Waals surface area contributed by atoms with Crippen LogP contribution < -0.4 is 10.2 Å². The van der Waals surface area contributed by atoms with Crippen molar-refractivity contribution in [2.24, 2.45) is 0 Å². The molecule has 1 aliphatic heterocycles. The van der Waals surface area contributed by atoms with Crippen molar-refractivity contribution in [2.75, 3.05) is 23.3 Å². The smallest absolute Gasteiger partial charge is 0.259 e. The SMILES string of the molecule is CC1(O)CCN(c2ccc(C(=O)Nc3nncs3)cn2)C1. The molecule has 110 valence electrons. The number of aromatic nitrogens is 3. The minimum absolute atomic E-state index is 0.265. The lowest BCUT2D eigenvalue weighted by Gasteiger charge is -2.19. The molecule has 8 heteroatoms. The van der Waals surface area contributed by atoms with Gasteiger partial charge in [0, 0.05) is 19.3 Å². The van der Waals surface area contributed by atoms with Crippen LogP contribution in [-0.2, 0) is 0 Å². The Morgan fingerprint density at radius 2 is 2.38 bits per heavy atom. The molecule has 3 heterocycles. The van der Waals surface area contributed by atoms with Gasteiger partial charge < -0.3 is 10.0 Å². The maximum atomic E-state index is 12.0. The van der Waals surface area contributed by atoms with Crippen molar-refractivity contribution >= 4 is 28.2 Å². The summed E-state index contributed by atoms with van der Waals surface area (Å²) >= 11 is 1.26. The fraction of sp³-hybridized carbons (Fsp3) is 0.385. The number of aliphatic hydroxyl groups is 1. The van der Waals surface area contributed by atoms with Gasteiger partial charge in [-0.3, -0.25) is 10.1 Å². The van der Waals surface area contributed by atoms with E-state index in [-0.39, 0.29) is 5.91 Å². The van der Waals surface area contributed by atoms with E-state index < -0.39 is 5.60 Å². The molecular weight excluding hydrogens is 290 g/mol. The summed E-state index contributed by atoms with van der Waals surface area (Å²) in [6.45, 7) is 3.13. The molecule has 0 spiro atoms. The first-order chi connectivity index (χ1) is 10.0. The second-order valence-corrected chi connectivity index (χ2v) is 6.10. The van der Waals surface area contributed by atoms with Gasteiger partial charge in [-0.15, -0.1) is 10.2 Å². The highest BCUT2D eigenvalue weighted by molar-refractivity contribution is 7.13. The van der Waals surface area contributed by atoms with Crippen LogP contribution in [0.5, 0.6) is 0 Å². The minimum atomic E-state index is -0.671. The number of β-amino-alcohol motifs (C(OH)–C–C–N with tert-alkyl or cyclic N) is 1. The van der Waals surface area contributed by atoms with Crippen LogP contribution in [0.4, 0.5) is 10.9 Å². The number of amides is 1. The first-order valence-corrected chi connectivity index (χ1v) is 7.42. The zero-order chi connectivity index (χ0) is 14.9. The Labute approximate surface area is 125 Å². The van der Waals surface area contributed by atoms with Crippen LogP contribution in [0.3, 0.4) is 0 Å². The van der Waals surface area contributed by atoms with Crippen LogP contribution in [0.15, 0.2) is 23.8 Å². The van der Waals surface area contributed by atoms with Gasteiger partial charge in [-0.05, 0) is 25.5 Å². The molecular formula is C13H15N5O2S. The summed E-state index contributed by atoms with van der Waals surface area (Å²) < 4.78 is 0. The van der Waals surface area contributed by atoms with E-state index in [1.807, 2.05) is 11.8 Å². The summed E-state index contributed by atoms with van der Waals surface area (Å²) in [5.74, 6) is 0.499. The maximum absolute atomic E-state index is 12.0. The molecule has 1 amide bonds. The van der Waals surface area contributed by atoms with Gasteiger partial charge in [0.05, 0.1) is 11.2 Å². The normalized spacial score (nSPS) is 21.5. The Balaban J connectivity index is 1.68. The van der Waals surface area contributed by atoms with Crippen LogP contribution in [0.25, 0.3) is 0 Å². The quantitative estimate of drug-likeness (QED) is 0.884. The Hall–Kier alpha value is -2.06. The first kappa shape index (κ1) is 13.9. The molecule has 0 bridgehead atoms. The van der Waals surface area contributed by atoms with Gasteiger partial charge >= 0.3 is 0 Å². The number of carbonyl (C=O) groups is 1. The molecule has 3 rings (SSSR count). The van der Waals surface area contributed by atoms with Crippen molar-refractivity contribution in [3.05, 3.63) is 29.4 Å². The zero-order valence-corrected chi connectivity index (χ0v) is 12.3. The molecule has 2 N–H and O–H groups in total. The predicted octanol–water partition coefficient (Wildman–Crippen LogP) is 1.15. The summed E-state index contributed by atoms with van der Waals surface area (Å²) in [7, 11) is 0. The molecule has 0 aromatic carbocycles. The third kappa shape index (κ3) is 3.17. The Bertz CT molecular complexity index is 627. The largest absolute Gasteiger partial charge is 0.388 e. The number of carbonyl (C=O) groups excluding carboxylic acids is 1. The summed E-state index contributed by atoms with van der Waals surface area (Å²) in [6, 6.07) is 3.50. The molecule has 21 heavy (non-hydrogen) atoms. The average molecular weight is 305 g/mol. The second kappa shape index (κ2) is 5.38. The standard InChI is InChI=1S/C13H15N5O2S/c1-13(20)4-5-18(7-13)10-3-2-9(6-14-10)11(19)16-12-17-15-8-21-12/h2-3,6,8,20H,4-5,7H2,1H3,(H,16,17,19). The van der Waals surface area contributed by atoms with E-state index in [1.54, 1.807) is 17.6 Å². The van der Waals surface area contributed by atoms with E-state index in [0.717, 1.165) is 12.4 Å². The molecule has 0 saturated carbocycles. The van der Waals surface area contributed by atoms with Crippen molar-refractivity contribution in [2.45, 2.75) is 18.9 Å². The second-order valence-electron chi connectivity index (χ2n) is 5.27. The summed E-state index contributed by atoms with van der Waals surface area (Å²) in [5, 5.41) is 20.5. The van der Waals surface area contributed by atoms with E-state index in [2.05, 4.69) is 20.5 Å². The summed E-state index contributed by atoms with van der Waals surface area (Å²) in [6.07, 6.45) is 2.24. The highest BCUT2D eigenvalue weighted by Gasteiger charge is 2.31. The average Bonchev–Trinajstić information content (AvgIpc) is 3.08. The summed E-state index contributed by atoms with van der Waals surface area (Å²) in [5.41, 5.74) is 1.34. The number of hydrogen-bond acceptors (Lipinski definition) is 7. The third-order valence-electron chi connectivity index (χ3n) is 3.37. The van der Waals surface area contributed by atoms with Crippen LogP contribution in [0.1, 0.15) is 23.7 Å². The van der Waals surface area contributed by atoms with E-state index in [1.165, 1.54) is 17.5 Å². The van der Waals surface area contributed by atoms with E-state index in [0.29, 0.717) is 23.7 Å². The van der Waals surface area contributed by atoms with Gasteiger partial charge in [0.1, 0.15) is 11.3 Å². The molecule has 1 atom stereocenters. The van der Waals surface area contributed by atoms with Crippen LogP contribution in [0, 0.1) is 0 Å².